The van der Waals surface area contributed by atoms with Crippen molar-refractivity contribution in [1.29, 1.82) is 0 Å². The fourth-order valence-corrected chi connectivity index (χ4v) is 5.39. The first-order valence-electron chi connectivity index (χ1n) is 19.8. The van der Waals surface area contributed by atoms with Crippen LogP contribution in [0.2, 0.25) is 0 Å². The predicted octanol–water partition coefficient (Wildman–Crippen LogP) is 12.1. The van der Waals surface area contributed by atoms with E-state index in [-0.39, 0.29) is 31.1 Å². The lowest BCUT2D eigenvalue weighted by Gasteiger charge is -2.18. The Labute approximate surface area is 290 Å². The second-order valence-electron chi connectivity index (χ2n) is 13.2. The van der Waals surface area contributed by atoms with Crippen molar-refractivity contribution >= 4 is 17.9 Å². The molecule has 0 aromatic carbocycles. The molecule has 0 rings (SSSR count). The molecule has 0 aliphatic carbocycles. The zero-order valence-corrected chi connectivity index (χ0v) is 31.0. The first kappa shape index (κ1) is 44.9. The largest absolute Gasteiger partial charge is 0.462 e. The van der Waals surface area contributed by atoms with Crippen LogP contribution >= 0.6 is 0 Å². The van der Waals surface area contributed by atoms with Gasteiger partial charge >= 0.3 is 17.9 Å². The maximum atomic E-state index is 12.6. The van der Waals surface area contributed by atoms with Crippen LogP contribution in [-0.2, 0) is 28.6 Å². The van der Waals surface area contributed by atoms with E-state index < -0.39 is 6.10 Å². The molecule has 0 heterocycles. The number of carbonyl (C=O) groups excluding carboxylic acids is 3. The van der Waals surface area contributed by atoms with Crippen molar-refractivity contribution in [2.75, 3.05) is 13.2 Å². The van der Waals surface area contributed by atoms with E-state index in [2.05, 4.69) is 45.1 Å². The Morgan fingerprint density at radius 2 is 0.745 bits per heavy atom. The van der Waals surface area contributed by atoms with E-state index in [1.807, 2.05) is 0 Å². The summed E-state index contributed by atoms with van der Waals surface area (Å²) < 4.78 is 16.6. The van der Waals surface area contributed by atoms with E-state index >= 15 is 0 Å². The quantitative estimate of drug-likeness (QED) is 0.0291. The monoisotopic (exact) mass is 663 g/mol. The van der Waals surface area contributed by atoms with Gasteiger partial charge in [-0.1, -0.05) is 148 Å². The second kappa shape index (κ2) is 36.7. The number of allylic oxidation sites excluding steroid dienone is 4. The first-order valence-corrected chi connectivity index (χ1v) is 19.8. The Kier molecular flexibility index (Phi) is 35.1. The third kappa shape index (κ3) is 35.0. The van der Waals surface area contributed by atoms with Crippen LogP contribution in [0.25, 0.3) is 0 Å². The van der Waals surface area contributed by atoms with Gasteiger partial charge in [-0.3, -0.25) is 14.4 Å². The lowest BCUT2D eigenvalue weighted by atomic mass is 10.1. The Hall–Kier alpha value is -2.11. The molecule has 0 aromatic heterocycles. The standard InChI is InChI=1S/C41H74O6/c1-4-7-10-13-16-19-22-25-28-31-34-40(43)46-37-38(36-45-39(42)33-30-27-24-21-18-15-12-9-6-3)47-41(44)35-32-29-26-23-20-17-14-11-8-5-2/h10-11,13-14,38H,4-9,12,15-37H2,1-3H3/b13-10-,14-11-. The number of ether oxygens (including phenoxy) is 3. The molecule has 0 aromatic rings. The van der Waals surface area contributed by atoms with Crippen LogP contribution in [0.4, 0.5) is 0 Å². The molecule has 0 aliphatic rings. The van der Waals surface area contributed by atoms with Crippen LogP contribution in [0.5, 0.6) is 0 Å². The highest BCUT2D eigenvalue weighted by molar-refractivity contribution is 5.71. The third-order valence-electron chi connectivity index (χ3n) is 8.39. The highest BCUT2D eigenvalue weighted by Gasteiger charge is 2.19. The van der Waals surface area contributed by atoms with Gasteiger partial charge in [-0.05, 0) is 57.8 Å². The van der Waals surface area contributed by atoms with Crippen molar-refractivity contribution in [2.24, 2.45) is 0 Å². The maximum absolute atomic E-state index is 12.6. The molecule has 0 aliphatic heterocycles. The number of unbranched alkanes of at least 4 members (excludes halogenated alkanes) is 20. The SMILES string of the molecule is CCC/C=C\CCCCCCCC(=O)OCC(COC(=O)CCCCCCCCCCC)OC(=O)CCCCCCC/C=C\CCC. The molecule has 0 fully saturated rings. The van der Waals surface area contributed by atoms with Gasteiger partial charge in [-0.25, -0.2) is 0 Å². The van der Waals surface area contributed by atoms with Crippen molar-refractivity contribution in [3.63, 3.8) is 0 Å². The van der Waals surface area contributed by atoms with E-state index in [1.165, 1.54) is 70.6 Å². The molecule has 6 heteroatoms. The van der Waals surface area contributed by atoms with Gasteiger partial charge in [0, 0.05) is 19.3 Å². The topological polar surface area (TPSA) is 78.9 Å². The van der Waals surface area contributed by atoms with Gasteiger partial charge in [0.1, 0.15) is 13.2 Å². The van der Waals surface area contributed by atoms with Crippen molar-refractivity contribution in [1.82, 2.24) is 0 Å². The van der Waals surface area contributed by atoms with Gasteiger partial charge in [-0.15, -0.1) is 0 Å². The zero-order valence-electron chi connectivity index (χ0n) is 31.0. The average Bonchev–Trinajstić information content (AvgIpc) is 3.06. The minimum absolute atomic E-state index is 0.0759. The smallest absolute Gasteiger partial charge is 0.306 e. The Morgan fingerprint density at radius 3 is 1.15 bits per heavy atom. The van der Waals surface area contributed by atoms with E-state index in [9.17, 15) is 14.4 Å². The molecular formula is C41H74O6. The van der Waals surface area contributed by atoms with Gasteiger partial charge in [0.25, 0.3) is 0 Å². The van der Waals surface area contributed by atoms with Gasteiger partial charge in [0.2, 0.25) is 0 Å². The second-order valence-corrected chi connectivity index (χ2v) is 13.2. The minimum Gasteiger partial charge on any atom is -0.462 e. The molecule has 47 heavy (non-hydrogen) atoms. The van der Waals surface area contributed by atoms with E-state index in [1.54, 1.807) is 0 Å². The number of hydrogen-bond donors (Lipinski definition) is 0. The van der Waals surface area contributed by atoms with Crippen LogP contribution in [-0.4, -0.2) is 37.2 Å². The lowest BCUT2D eigenvalue weighted by molar-refractivity contribution is -0.167. The van der Waals surface area contributed by atoms with Crippen molar-refractivity contribution in [2.45, 2.75) is 207 Å². The van der Waals surface area contributed by atoms with Crippen LogP contribution in [0, 0.1) is 0 Å². The van der Waals surface area contributed by atoms with Crippen LogP contribution in [0.15, 0.2) is 24.3 Å². The highest BCUT2D eigenvalue weighted by atomic mass is 16.6. The van der Waals surface area contributed by atoms with Gasteiger partial charge in [0.15, 0.2) is 6.10 Å². The van der Waals surface area contributed by atoms with Crippen molar-refractivity contribution < 1.29 is 28.6 Å². The molecule has 0 amide bonds. The van der Waals surface area contributed by atoms with Gasteiger partial charge in [0.05, 0.1) is 0 Å². The summed E-state index contributed by atoms with van der Waals surface area (Å²) in [6.45, 7) is 6.46. The summed E-state index contributed by atoms with van der Waals surface area (Å²) in [5.41, 5.74) is 0. The van der Waals surface area contributed by atoms with E-state index in [0.717, 1.165) is 89.9 Å². The van der Waals surface area contributed by atoms with Crippen LogP contribution in [0.3, 0.4) is 0 Å². The maximum Gasteiger partial charge on any atom is 0.306 e. The minimum atomic E-state index is -0.769. The van der Waals surface area contributed by atoms with E-state index in [0.29, 0.717) is 19.3 Å². The molecule has 0 radical (unpaired) electrons. The summed E-state index contributed by atoms with van der Waals surface area (Å²) in [6.07, 6.45) is 37.4. The fraction of sp³-hybridized carbons (Fsp3) is 0.829. The first-order chi connectivity index (χ1) is 23.0. The zero-order chi connectivity index (χ0) is 34.5. The van der Waals surface area contributed by atoms with Crippen molar-refractivity contribution in [3.8, 4) is 0 Å². The van der Waals surface area contributed by atoms with Crippen LogP contribution in [0.1, 0.15) is 201 Å². The normalized spacial score (nSPS) is 12.1. The lowest BCUT2D eigenvalue weighted by Crippen LogP contribution is -2.30. The summed E-state index contributed by atoms with van der Waals surface area (Å²) in [6, 6.07) is 0. The molecular weight excluding hydrogens is 588 g/mol. The number of esters is 3. The predicted molar refractivity (Wildman–Crippen MR) is 196 cm³/mol. The van der Waals surface area contributed by atoms with E-state index in [4.69, 9.17) is 14.2 Å². The number of carbonyl (C=O) groups is 3. The fourth-order valence-electron chi connectivity index (χ4n) is 5.39. The summed E-state index contributed by atoms with van der Waals surface area (Å²) in [5, 5.41) is 0. The molecule has 1 atom stereocenters. The Bertz CT molecular complexity index is 774. The molecule has 6 nitrogen and oxygen atoms in total. The van der Waals surface area contributed by atoms with Crippen molar-refractivity contribution in [3.05, 3.63) is 24.3 Å². The molecule has 0 saturated carbocycles. The number of rotatable bonds is 35. The molecule has 274 valence electrons. The average molecular weight is 663 g/mol. The third-order valence-corrected chi connectivity index (χ3v) is 8.39. The van der Waals surface area contributed by atoms with Gasteiger partial charge in [-0.2, -0.15) is 0 Å². The number of hydrogen-bond acceptors (Lipinski definition) is 6. The molecule has 0 saturated heterocycles. The molecule has 0 bridgehead atoms. The molecule has 1 unspecified atom stereocenters. The molecule has 0 N–H and O–H groups in total. The summed E-state index contributed by atoms with van der Waals surface area (Å²) in [7, 11) is 0. The Morgan fingerprint density at radius 1 is 0.404 bits per heavy atom. The van der Waals surface area contributed by atoms with Crippen LogP contribution < -0.4 is 0 Å². The molecule has 0 spiro atoms. The highest BCUT2D eigenvalue weighted by Crippen LogP contribution is 2.13. The summed E-state index contributed by atoms with van der Waals surface area (Å²) in [5.74, 6) is -0.905. The summed E-state index contributed by atoms with van der Waals surface area (Å²) >= 11 is 0. The van der Waals surface area contributed by atoms with Gasteiger partial charge < -0.3 is 14.2 Å². The summed E-state index contributed by atoms with van der Waals surface area (Å²) in [4.78, 5) is 37.4. The Balaban J connectivity index is 4.39.